The summed E-state index contributed by atoms with van der Waals surface area (Å²) in [6.07, 6.45) is 7.98. The number of rotatable bonds is 14. The molecule has 1 unspecified atom stereocenters. The fourth-order valence-corrected chi connectivity index (χ4v) is 8.44. The molecule has 1 aliphatic rings. The quantitative estimate of drug-likeness (QED) is 0.0658. The molecule has 0 radical (unpaired) electrons. The summed E-state index contributed by atoms with van der Waals surface area (Å²) in [6, 6.07) is 19.0. The minimum Gasteiger partial charge on any atom is -0.493 e. The first-order valence-corrected chi connectivity index (χ1v) is 19.4. The lowest BCUT2D eigenvalue weighted by Gasteiger charge is -2.16. The zero-order chi connectivity index (χ0) is 38.6. The molecule has 0 aliphatic heterocycles. The summed E-state index contributed by atoms with van der Waals surface area (Å²) < 4.78 is 21.6. The standard InChI is InChI=1S/C41H45N3O8S2/c1-6-33(39(47)44-40-35(41(48)52-5)29-19-12-7-8-13-20-34(29)54-40)53-28-18-14-17-27(24-28)42-38(46)30(43-37(45)26-15-10-9-11-16-26)21-25-22-31(49-2)36(51-4)32(23-25)50-3/h9-11,14-18,21-24,33H,6-8,12-13,19-20H2,1-5H3,(H,42,46)(H,43,45)(H,44,47)/b30-21+. The number of aryl methyl sites for hydroxylation is 1. The Labute approximate surface area is 323 Å². The number of amides is 3. The summed E-state index contributed by atoms with van der Waals surface area (Å²) in [7, 11) is 5.84. The molecule has 0 saturated carbocycles. The zero-order valence-electron chi connectivity index (χ0n) is 31.0. The molecule has 1 aliphatic carbocycles. The second-order valence-electron chi connectivity index (χ2n) is 12.4. The molecule has 0 bridgehead atoms. The Kier molecular flexibility index (Phi) is 14.2. The molecule has 1 aromatic heterocycles. The van der Waals surface area contributed by atoms with E-state index >= 15 is 0 Å². The Morgan fingerprint density at radius 3 is 2.19 bits per heavy atom. The number of nitrogens with one attached hydrogen (secondary N) is 3. The van der Waals surface area contributed by atoms with Gasteiger partial charge in [-0.15, -0.1) is 23.1 Å². The summed E-state index contributed by atoms with van der Waals surface area (Å²) in [5.41, 5.74) is 2.76. The summed E-state index contributed by atoms with van der Waals surface area (Å²) in [4.78, 5) is 55.6. The van der Waals surface area contributed by atoms with Gasteiger partial charge in [-0.2, -0.15) is 0 Å². The van der Waals surface area contributed by atoms with E-state index in [0.717, 1.165) is 53.9 Å². The van der Waals surface area contributed by atoms with Crippen LogP contribution < -0.4 is 30.2 Å². The molecule has 1 heterocycles. The molecule has 54 heavy (non-hydrogen) atoms. The Morgan fingerprint density at radius 1 is 0.833 bits per heavy atom. The number of benzene rings is 3. The van der Waals surface area contributed by atoms with E-state index in [-0.39, 0.29) is 11.6 Å². The zero-order valence-corrected chi connectivity index (χ0v) is 32.7. The Morgan fingerprint density at radius 2 is 1.54 bits per heavy atom. The predicted molar refractivity (Wildman–Crippen MR) is 213 cm³/mol. The number of ether oxygens (including phenoxy) is 4. The fourth-order valence-electron chi connectivity index (χ4n) is 6.14. The van der Waals surface area contributed by atoms with Crippen molar-refractivity contribution in [1.82, 2.24) is 5.32 Å². The SMILES string of the molecule is CCC(Sc1cccc(NC(=O)/C(=C\c2cc(OC)c(OC)c(OC)c2)NC(=O)c2ccccc2)c1)C(=O)Nc1sc2c(c1C(=O)OC)CCCCCC2. The van der Waals surface area contributed by atoms with Crippen LogP contribution in [0.15, 0.2) is 77.3 Å². The molecule has 0 saturated heterocycles. The van der Waals surface area contributed by atoms with Gasteiger partial charge in [0.05, 0.1) is 39.3 Å². The van der Waals surface area contributed by atoms with Crippen LogP contribution in [0.5, 0.6) is 17.2 Å². The lowest BCUT2D eigenvalue weighted by atomic mass is 9.96. The molecule has 3 amide bonds. The van der Waals surface area contributed by atoms with Crippen LogP contribution in [0, 0.1) is 0 Å². The van der Waals surface area contributed by atoms with E-state index in [0.29, 0.717) is 51.0 Å². The van der Waals surface area contributed by atoms with Crippen molar-refractivity contribution in [2.75, 3.05) is 39.1 Å². The highest BCUT2D eigenvalue weighted by molar-refractivity contribution is 8.00. The molecule has 0 spiro atoms. The van der Waals surface area contributed by atoms with Crippen molar-refractivity contribution >= 4 is 63.6 Å². The van der Waals surface area contributed by atoms with Gasteiger partial charge in [-0.3, -0.25) is 14.4 Å². The van der Waals surface area contributed by atoms with Gasteiger partial charge in [-0.05, 0) is 91.8 Å². The van der Waals surface area contributed by atoms with Crippen LogP contribution in [0.3, 0.4) is 0 Å². The number of fused-ring (bicyclic) bond motifs is 1. The highest BCUT2D eigenvalue weighted by Gasteiger charge is 2.28. The number of methoxy groups -OCH3 is 4. The van der Waals surface area contributed by atoms with Gasteiger partial charge in [-0.1, -0.05) is 44.0 Å². The molecule has 5 rings (SSSR count). The second-order valence-corrected chi connectivity index (χ2v) is 14.8. The molecule has 4 aromatic rings. The van der Waals surface area contributed by atoms with Gasteiger partial charge in [0.25, 0.3) is 11.8 Å². The molecule has 13 heteroatoms. The van der Waals surface area contributed by atoms with Crippen LogP contribution >= 0.6 is 23.1 Å². The van der Waals surface area contributed by atoms with E-state index in [1.807, 2.05) is 13.0 Å². The minimum absolute atomic E-state index is 0.0338. The summed E-state index contributed by atoms with van der Waals surface area (Å²) in [5, 5.41) is 8.73. The number of thiophene rings is 1. The van der Waals surface area contributed by atoms with Crippen LogP contribution in [0.1, 0.15) is 75.7 Å². The first kappa shape index (κ1) is 39.9. The fraction of sp³-hybridized carbons (Fsp3) is 0.317. The van der Waals surface area contributed by atoms with Crippen LogP contribution in [0.2, 0.25) is 0 Å². The third kappa shape index (κ3) is 9.83. The summed E-state index contributed by atoms with van der Waals surface area (Å²) in [5.74, 6) is -0.580. The van der Waals surface area contributed by atoms with Crippen molar-refractivity contribution in [3.63, 3.8) is 0 Å². The van der Waals surface area contributed by atoms with Crippen LogP contribution in [0.25, 0.3) is 6.08 Å². The summed E-state index contributed by atoms with van der Waals surface area (Å²) >= 11 is 2.82. The molecule has 3 aromatic carbocycles. The smallest absolute Gasteiger partial charge is 0.341 e. The maximum Gasteiger partial charge on any atom is 0.341 e. The number of hydrogen-bond acceptors (Lipinski definition) is 10. The Bertz CT molecular complexity index is 1990. The average molecular weight is 772 g/mol. The first-order chi connectivity index (χ1) is 26.2. The average Bonchev–Trinajstić information content (AvgIpc) is 3.50. The van der Waals surface area contributed by atoms with Crippen molar-refractivity contribution in [3.8, 4) is 17.2 Å². The Hall–Kier alpha value is -5.27. The van der Waals surface area contributed by atoms with Crippen molar-refractivity contribution in [2.24, 2.45) is 0 Å². The lowest BCUT2D eigenvalue weighted by molar-refractivity contribution is -0.116. The normalized spacial score (nSPS) is 13.3. The molecule has 11 nitrogen and oxygen atoms in total. The van der Waals surface area contributed by atoms with E-state index in [2.05, 4.69) is 16.0 Å². The molecule has 284 valence electrons. The van der Waals surface area contributed by atoms with Crippen molar-refractivity contribution < 1.29 is 38.1 Å². The van der Waals surface area contributed by atoms with Gasteiger partial charge in [-0.25, -0.2) is 4.79 Å². The van der Waals surface area contributed by atoms with Crippen molar-refractivity contribution in [2.45, 2.75) is 62.0 Å². The minimum atomic E-state index is -0.580. The number of carbonyl (C=O) groups is 4. The van der Waals surface area contributed by atoms with Gasteiger partial charge in [0.1, 0.15) is 10.7 Å². The third-order valence-corrected chi connectivity index (χ3v) is 11.4. The third-order valence-electron chi connectivity index (χ3n) is 8.86. The maximum absolute atomic E-state index is 13.9. The number of carbonyl (C=O) groups excluding carboxylic acids is 4. The lowest BCUT2D eigenvalue weighted by Crippen LogP contribution is -2.30. The second kappa shape index (κ2) is 19.2. The first-order valence-electron chi connectivity index (χ1n) is 17.7. The number of anilines is 2. The van der Waals surface area contributed by atoms with E-state index in [4.69, 9.17) is 18.9 Å². The molecular formula is C41H45N3O8S2. The van der Waals surface area contributed by atoms with E-state index in [1.54, 1.807) is 60.7 Å². The van der Waals surface area contributed by atoms with Gasteiger partial charge >= 0.3 is 5.97 Å². The maximum atomic E-state index is 13.9. The van der Waals surface area contributed by atoms with Gasteiger partial charge < -0.3 is 34.9 Å². The van der Waals surface area contributed by atoms with E-state index in [9.17, 15) is 19.2 Å². The van der Waals surface area contributed by atoms with Crippen LogP contribution in [-0.4, -0.2) is 57.4 Å². The Balaban J connectivity index is 1.37. The van der Waals surface area contributed by atoms with E-state index in [1.165, 1.54) is 57.6 Å². The van der Waals surface area contributed by atoms with Gasteiger partial charge in [0.2, 0.25) is 11.7 Å². The number of hydrogen-bond donors (Lipinski definition) is 3. The molecular weight excluding hydrogens is 727 g/mol. The molecule has 0 fully saturated rings. The van der Waals surface area contributed by atoms with Crippen molar-refractivity contribution in [3.05, 3.63) is 99.6 Å². The van der Waals surface area contributed by atoms with Crippen LogP contribution in [-0.2, 0) is 27.2 Å². The topological polar surface area (TPSA) is 141 Å². The van der Waals surface area contributed by atoms with Crippen molar-refractivity contribution in [1.29, 1.82) is 0 Å². The molecule has 3 N–H and O–H groups in total. The highest BCUT2D eigenvalue weighted by Crippen LogP contribution is 2.40. The monoisotopic (exact) mass is 771 g/mol. The largest absolute Gasteiger partial charge is 0.493 e. The summed E-state index contributed by atoms with van der Waals surface area (Å²) in [6.45, 7) is 1.92. The van der Waals surface area contributed by atoms with Gasteiger partial charge in [0.15, 0.2) is 11.5 Å². The van der Waals surface area contributed by atoms with Crippen LogP contribution in [0.4, 0.5) is 10.7 Å². The highest BCUT2D eigenvalue weighted by atomic mass is 32.2. The number of thioether (sulfide) groups is 1. The number of esters is 1. The van der Waals surface area contributed by atoms with Gasteiger partial charge in [0, 0.05) is 21.0 Å². The predicted octanol–water partition coefficient (Wildman–Crippen LogP) is 8.14. The molecule has 1 atom stereocenters. The van der Waals surface area contributed by atoms with E-state index < -0.39 is 23.0 Å².